The number of nitrogens with two attached hydrogens (primary N) is 1. The van der Waals surface area contributed by atoms with Crippen molar-refractivity contribution >= 4 is 17.7 Å². The minimum atomic E-state index is 0.0275. The van der Waals surface area contributed by atoms with Crippen LogP contribution < -0.4 is 11.1 Å². The number of rotatable bonds is 8. The van der Waals surface area contributed by atoms with E-state index in [9.17, 15) is 4.79 Å². The minimum Gasteiger partial charge on any atom is -0.353 e. The second-order valence-electron chi connectivity index (χ2n) is 4.42. The number of nitrogens with one attached hydrogen (secondary N) is 1. The Balaban J connectivity index is 2.57. The van der Waals surface area contributed by atoms with Crippen molar-refractivity contribution < 1.29 is 4.79 Å². The van der Waals surface area contributed by atoms with Gasteiger partial charge in [-0.15, -0.1) is 10.2 Å². The molecule has 1 aromatic rings. The molecule has 19 heavy (non-hydrogen) atoms. The molecule has 0 saturated carbocycles. The second kappa shape index (κ2) is 8.16. The van der Waals surface area contributed by atoms with Gasteiger partial charge in [-0.05, 0) is 19.8 Å². The molecular weight excluding hydrogens is 262 g/mol. The lowest BCUT2D eigenvalue weighted by atomic mass is 10.3. The van der Waals surface area contributed by atoms with Crippen molar-refractivity contribution in [3.05, 3.63) is 5.82 Å². The van der Waals surface area contributed by atoms with Gasteiger partial charge in [0.25, 0.3) is 0 Å². The van der Waals surface area contributed by atoms with Crippen LogP contribution in [0.1, 0.15) is 39.4 Å². The molecule has 1 heterocycles. The molecule has 6 nitrogen and oxygen atoms in total. The first-order valence-corrected chi connectivity index (χ1v) is 7.65. The maximum atomic E-state index is 11.7. The smallest absolute Gasteiger partial charge is 0.230 e. The Labute approximate surface area is 118 Å². The van der Waals surface area contributed by atoms with Crippen LogP contribution in [0.2, 0.25) is 0 Å². The van der Waals surface area contributed by atoms with Crippen LogP contribution in [0, 0.1) is 0 Å². The van der Waals surface area contributed by atoms with E-state index in [0.29, 0.717) is 12.3 Å². The number of hydrogen-bond acceptors (Lipinski definition) is 5. The Hall–Kier alpha value is -1.08. The largest absolute Gasteiger partial charge is 0.353 e. The summed E-state index contributed by atoms with van der Waals surface area (Å²) < 4.78 is 1.99. The summed E-state index contributed by atoms with van der Waals surface area (Å²) in [7, 11) is 0. The molecule has 0 saturated heterocycles. The van der Waals surface area contributed by atoms with E-state index in [0.717, 1.165) is 30.4 Å². The van der Waals surface area contributed by atoms with Gasteiger partial charge in [0.15, 0.2) is 5.16 Å². The zero-order valence-corrected chi connectivity index (χ0v) is 12.7. The monoisotopic (exact) mass is 285 g/mol. The summed E-state index contributed by atoms with van der Waals surface area (Å²) in [5, 5.41) is 11.8. The average Bonchev–Trinajstić information content (AvgIpc) is 2.79. The topological polar surface area (TPSA) is 85.8 Å². The zero-order valence-electron chi connectivity index (χ0n) is 11.8. The molecule has 1 rings (SSSR count). The molecule has 0 spiro atoms. The number of amides is 1. The quantitative estimate of drug-likeness (QED) is 0.700. The molecule has 1 amide bonds. The molecule has 3 N–H and O–H groups in total. The first kappa shape index (κ1) is 16.0. The molecule has 1 unspecified atom stereocenters. The normalized spacial score (nSPS) is 12.4. The van der Waals surface area contributed by atoms with Crippen LogP contribution in [0.4, 0.5) is 0 Å². The summed E-state index contributed by atoms with van der Waals surface area (Å²) in [6, 6.07) is 0.209. The first-order valence-electron chi connectivity index (χ1n) is 6.66. The summed E-state index contributed by atoms with van der Waals surface area (Å²) in [5.41, 5.74) is 5.62. The lowest BCUT2D eigenvalue weighted by Crippen LogP contribution is -2.33. The van der Waals surface area contributed by atoms with E-state index < -0.39 is 0 Å². The van der Waals surface area contributed by atoms with Crippen molar-refractivity contribution in [1.82, 2.24) is 20.1 Å². The summed E-state index contributed by atoms with van der Waals surface area (Å²) in [5.74, 6) is 1.16. The Morgan fingerprint density at radius 3 is 2.79 bits per heavy atom. The maximum Gasteiger partial charge on any atom is 0.230 e. The van der Waals surface area contributed by atoms with Crippen LogP contribution in [0.5, 0.6) is 0 Å². The van der Waals surface area contributed by atoms with E-state index >= 15 is 0 Å². The third-order valence-electron chi connectivity index (χ3n) is 2.78. The number of hydrogen-bond donors (Lipinski definition) is 2. The zero-order chi connectivity index (χ0) is 14.3. The molecule has 0 aliphatic heterocycles. The maximum absolute atomic E-state index is 11.7. The summed E-state index contributed by atoms with van der Waals surface area (Å²) in [6.07, 6.45) is 1.91. The fourth-order valence-corrected chi connectivity index (χ4v) is 2.37. The van der Waals surface area contributed by atoms with E-state index in [1.807, 2.05) is 18.4 Å². The molecule has 7 heteroatoms. The summed E-state index contributed by atoms with van der Waals surface area (Å²) in [4.78, 5) is 11.7. The third kappa shape index (κ3) is 4.83. The van der Waals surface area contributed by atoms with E-state index in [1.54, 1.807) is 0 Å². The molecule has 108 valence electrons. The number of carbonyl (C=O) groups is 1. The van der Waals surface area contributed by atoms with Gasteiger partial charge >= 0.3 is 0 Å². The molecule has 0 radical (unpaired) electrons. The first-order chi connectivity index (χ1) is 9.12. The lowest BCUT2D eigenvalue weighted by molar-refractivity contribution is -0.119. The molecule has 0 aliphatic rings. The second-order valence-corrected chi connectivity index (χ2v) is 5.36. The van der Waals surface area contributed by atoms with E-state index in [-0.39, 0.29) is 11.9 Å². The van der Waals surface area contributed by atoms with Gasteiger partial charge in [0.2, 0.25) is 5.91 Å². The highest BCUT2D eigenvalue weighted by molar-refractivity contribution is 7.99. The van der Waals surface area contributed by atoms with E-state index in [1.165, 1.54) is 11.8 Å². The Kier molecular flexibility index (Phi) is 6.86. The van der Waals surface area contributed by atoms with Crippen molar-refractivity contribution in [2.45, 2.75) is 57.9 Å². The van der Waals surface area contributed by atoms with Crippen LogP contribution in [-0.4, -0.2) is 32.5 Å². The van der Waals surface area contributed by atoms with Crippen LogP contribution >= 0.6 is 11.8 Å². The summed E-state index contributed by atoms with van der Waals surface area (Å²) in [6.45, 7) is 7.32. The van der Waals surface area contributed by atoms with Crippen molar-refractivity contribution in [3.8, 4) is 0 Å². The molecule has 0 fully saturated rings. The molecular formula is C12H23N5OS. The van der Waals surface area contributed by atoms with Crippen LogP contribution in [0.15, 0.2) is 5.16 Å². The van der Waals surface area contributed by atoms with Crippen LogP contribution in [-0.2, 0) is 17.9 Å². The van der Waals surface area contributed by atoms with Gasteiger partial charge in [-0.25, -0.2) is 0 Å². The van der Waals surface area contributed by atoms with Crippen molar-refractivity contribution in [2.24, 2.45) is 5.73 Å². The average molecular weight is 285 g/mol. The van der Waals surface area contributed by atoms with Gasteiger partial charge in [0, 0.05) is 12.6 Å². The lowest BCUT2D eigenvalue weighted by Gasteiger charge is -2.11. The predicted octanol–water partition coefficient (Wildman–Crippen LogP) is 1.15. The van der Waals surface area contributed by atoms with E-state index in [4.69, 9.17) is 5.73 Å². The fraction of sp³-hybridized carbons (Fsp3) is 0.750. The molecule has 1 aromatic heterocycles. The fourth-order valence-electron chi connectivity index (χ4n) is 1.57. The van der Waals surface area contributed by atoms with Gasteiger partial charge in [-0.3, -0.25) is 4.79 Å². The van der Waals surface area contributed by atoms with Crippen LogP contribution in [0.25, 0.3) is 0 Å². The van der Waals surface area contributed by atoms with Crippen molar-refractivity contribution in [2.75, 3.05) is 5.75 Å². The molecule has 0 aromatic carbocycles. The SMILES string of the molecule is CCCn1c(CN)nnc1SCC(=O)NC(C)CC. The van der Waals surface area contributed by atoms with Gasteiger partial charge in [0.05, 0.1) is 12.3 Å². The van der Waals surface area contributed by atoms with E-state index in [2.05, 4.69) is 22.4 Å². The molecule has 1 atom stereocenters. The third-order valence-corrected chi connectivity index (χ3v) is 3.74. The molecule has 0 aliphatic carbocycles. The highest BCUT2D eigenvalue weighted by Gasteiger charge is 2.13. The van der Waals surface area contributed by atoms with Crippen molar-refractivity contribution in [1.29, 1.82) is 0 Å². The summed E-state index contributed by atoms with van der Waals surface area (Å²) >= 11 is 1.41. The van der Waals surface area contributed by atoms with Gasteiger partial charge in [-0.2, -0.15) is 0 Å². The van der Waals surface area contributed by atoms with Crippen molar-refractivity contribution in [3.63, 3.8) is 0 Å². The minimum absolute atomic E-state index is 0.0275. The Bertz CT molecular complexity index is 407. The standard InChI is InChI=1S/C12H23N5OS/c1-4-6-17-10(7-13)15-16-12(17)19-8-11(18)14-9(3)5-2/h9H,4-8,13H2,1-3H3,(H,14,18). The molecule has 0 bridgehead atoms. The Morgan fingerprint density at radius 1 is 1.47 bits per heavy atom. The van der Waals surface area contributed by atoms with Gasteiger partial charge in [0.1, 0.15) is 5.82 Å². The highest BCUT2D eigenvalue weighted by atomic mass is 32.2. The predicted molar refractivity (Wildman–Crippen MR) is 76.8 cm³/mol. The highest BCUT2D eigenvalue weighted by Crippen LogP contribution is 2.17. The number of thioether (sulfide) groups is 1. The van der Waals surface area contributed by atoms with Crippen LogP contribution in [0.3, 0.4) is 0 Å². The number of carbonyl (C=O) groups excluding carboxylic acids is 1. The van der Waals surface area contributed by atoms with Gasteiger partial charge in [-0.1, -0.05) is 25.6 Å². The Morgan fingerprint density at radius 2 is 2.21 bits per heavy atom. The van der Waals surface area contributed by atoms with Gasteiger partial charge < -0.3 is 15.6 Å². The number of nitrogens with zero attached hydrogens (tertiary/aromatic N) is 3. The number of aromatic nitrogens is 3.